The van der Waals surface area contributed by atoms with Crippen molar-refractivity contribution in [3.05, 3.63) is 23.3 Å². The van der Waals surface area contributed by atoms with Crippen LogP contribution in [0.15, 0.2) is 17.0 Å². The topological polar surface area (TPSA) is 101 Å². The summed E-state index contributed by atoms with van der Waals surface area (Å²) in [5, 5.41) is 2.46. The molecule has 0 aliphatic heterocycles. The third-order valence-corrected chi connectivity index (χ3v) is 3.94. The highest BCUT2D eigenvalue weighted by atomic mass is 32.2. The molecule has 0 unspecified atom stereocenters. The van der Waals surface area contributed by atoms with Crippen LogP contribution in [-0.4, -0.2) is 20.5 Å². The summed E-state index contributed by atoms with van der Waals surface area (Å²) < 4.78 is 26.2. The van der Waals surface area contributed by atoms with E-state index in [9.17, 15) is 13.2 Å². The van der Waals surface area contributed by atoms with E-state index >= 15 is 0 Å². The van der Waals surface area contributed by atoms with E-state index in [1.54, 1.807) is 33.8 Å². The molecular formula is C12H19N3O3S. The summed E-state index contributed by atoms with van der Waals surface area (Å²) in [6.45, 7) is 6.82. The fourth-order valence-corrected chi connectivity index (χ4v) is 2.88. The van der Waals surface area contributed by atoms with Gasteiger partial charge in [0.05, 0.1) is 4.90 Å². The van der Waals surface area contributed by atoms with Crippen molar-refractivity contribution in [1.29, 1.82) is 0 Å². The van der Waals surface area contributed by atoms with Crippen molar-refractivity contribution in [2.45, 2.75) is 38.6 Å². The molecule has 0 aliphatic rings. The summed E-state index contributed by atoms with van der Waals surface area (Å²) in [5.41, 5.74) is 7.26. The molecule has 0 saturated heterocycles. The lowest BCUT2D eigenvalue weighted by Crippen LogP contribution is -2.42. The summed E-state index contributed by atoms with van der Waals surface area (Å²) in [7, 11) is -3.92. The molecule has 4 N–H and O–H groups in total. The minimum Gasteiger partial charge on any atom is -0.398 e. The van der Waals surface area contributed by atoms with Gasteiger partial charge in [0.2, 0.25) is 0 Å². The largest absolute Gasteiger partial charge is 0.398 e. The normalized spacial score (nSPS) is 11.4. The SMILES string of the molecule is Cc1cc(N)c(C)c(S(=O)(=O)NC(=O)NC(C)C)c1. The third kappa shape index (κ3) is 3.85. The zero-order chi connectivity index (χ0) is 14.8. The molecule has 1 aromatic rings. The van der Waals surface area contributed by atoms with Crippen LogP contribution in [0.1, 0.15) is 25.0 Å². The molecule has 0 heterocycles. The van der Waals surface area contributed by atoms with Gasteiger partial charge in [0, 0.05) is 11.7 Å². The van der Waals surface area contributed by atoms with Gasteiger partial charge in [-0.15, -0.1) is 0 Å². The number of anilines is 1. The molecule has 0 aliphatic carbocycles. The summed E-state index contributed by atoms with van der Waals surface area (Å²) in [5.74, 6) is 0. The van der Waals surface area contributed by atoms with Crippen LogP contribution in [0.4, 0.5) is 10.5 Å². The minimum atomic E-state index is -3.92. The van der Waals surface area contributed by atoms with Crippen LogP contribution in [-0.2, 0) is 10.0 Å². The van der Waals surface area contributed by atoms with Crippen molar-refractivity contribution in [2.75, 3.05) is 5.73 Å². The molecule has 19 heavy (non-hydrogen) atoms. The summed E-state index contributed by atoms with van der Waals surface area (Å²) in [6.07, 6.45) is 0. The van der Waals surface area contributed by atoms with Gasteiger partial charge in [0.15, 0.2) is 0 Å². The number of rotatable bonds is 3. The highest BCUT2D eigenvalue weighted by Gasteiger charge is 2.21. The van der Waals surface area contributed by atoms with Crippen LogP contribution >= 0.6 is 0 Å². The first-order valence-electron chi connectivity index (χ1n) is 5.83. The number of nitrogens with one attached hydrogen (secondary N) is 2. The van der Waals surface area contributed by atoms with Crippen molar-refractivity contribution in [3.8, 4) is 0 Å². The maximum absolute atomic E-state index is 12.1. The van der Waals surface area contributed by atoms with Crippen LogP contribution in [0.3, 0.4) is 0 Å². The van der Waals surface area contributed by atoms with Gasteiger partial charge in [0.25, 0.3) is 10.0 Å². The number of hydrogen-bond donors (Lipinski definition) is 3. The Bertz CT molecular complexity index is 594. The minimum absolute atomic E-state index is 0.0175. The lowest BCUT2D eigenvalue weighted by molar-refractivity contribution is 0.243. The van der Waals surface area contributed by atoms with E-state index in [2.05, 4.69) is 5.32 Å². The Labute approximate surface area is 113 Å². The van der Waals surface area contributed by atoms with Gasteiger partial charge >= 0.3 is 6.03 Å². The molecule has 1 rings (SSSR count). The van der Waals surface area contributed by atoms with E-state index in [0.717, 1.165) is 0 Å². The number of nitrogens with two attached hydrogens (primary N) is 1. The standard InChI is InChI=1S/C12H19N3O3S/c1-7(2)14-12(16)15-19(17,18)11-6-8(3)5-10(13)9(11)4/h5-7H,13H2,1-4H3,(H2,14,15,16). The Hall–Kier alpha value is -1.76. The Morgan fingerprint density at radius 1 is 1.26 bits per heavy atom. The third-order valence-electron chi connectivity index (χ3n) is 2.48. The molecular weight excluding hydrogens is 266 g/mol. The molecule has 2 amide bonds. The number of carbonyl (C=O) groups excluding carboxylic acids is 1. The lowest BCUT2D eigenvalue weighted by Gasteiger charge is -2.13. The molecule has 0 atom stereocenters. The summed E-state index contributed by atoms with van der Waals surface area (Å²) in [6, 6.07) is 2.26. The second kappa shape index (κ2) is 5.48. The van der Waals surface area contributed by atoms with Crippen LogP contribution in [0.2, 0.25) is 0 Å². The molecule has 0 fully saturated rings. The first kappa shape index (κ1) is 15.3. The second-order valence-electron chi connectivity index (χ2n) is 4.71. The number of benzene rings is 1. The Morgan fingerprint density at radius 3 is 2.37 bits per heavy atom. The van der Waals surface area contributed by atoms with Gasteiger partial charge in [-0.25, -0.2) is 17.9 Å². The lowest BCUT2D eigenvalue weighted by atomic mass is 10.1. The van der Waals surface area contributed by atoms with Gasteiger partial charge in [-0.3, -0.25) is 0 Å². The Morgan fingerprint density at radius 2 is 1.84 bits per heavy atom. The molecule has 0 radical (unpaired) electrons. The average molecular weight is 285 g/mol. The van der Waals surface area contributed by atoms with Crippen molar-refractivity contribution >= 4 is 21.7 Å². The zero-order valence-corrected chi connectivity index (χ0v) is 12.3. The molecule has 6 nitrogen and oxygen atoms in total. The molecule has 0 bridgehead atoms. The molecule has 1 aromatic carbocycles. The van der Waals surface area contributed by atoms with E-state index in [1.807, 2.05) is 4.72 Å². The number of sulfonamides is 1. The molecule has 106 valence electrons. The monoisotopic (exact) mass is 285 g/mol. The maximum Gasteiger partial charge on any atom is 0.328 e. The fraction of sp³-hybridized carbons (Fsp3) is 0.417. The summed E-state index contributed by atoms with van der Waals surface area (Å²) in [4.78, 5) is 11.5. The van der Waals surface area contributed by atoms with Crippen LogP contribution < -0.4 is 15.8 Å². The van der Waals surface area contributed by atoms with E-state index in [1.165, 1.54) is 6.07 Å². The van der Waals surface area contributed by atoms with Crippen LogP contribution in [0.25, 0.3) is 0 Å². The van der Waals surface area contributed by atoms with Crippen molar-refractivity contribution in [3.63, 3.8) is 0 Å². The van der Waals surface area contributed by atoms with Crippen molar-refractivity contribution in [1.82, 2.24) is 10.0 Å². The van der Waals surface area contributed by atoms with E-state index in [-0.39, 0.29) is 10.9 Å². The highest BCUT2D eigenvalue weighted by molar-refractivity contribution is 7.90. The molecule has 0 spiro atoms. The number of urea groups is 1. The summed E-state index contributed by atoms with van der Waals surface area (Å²) >= 11 is 0. The van der Waals surface area contributed by atoms with E-state index in [4.69, 9.17) is 5.73 Å². The second-order valence-corrected chi connectivity index (χ2v) is 6.36. The van der Waals surface area contributed by atoms with Gasteiger partial charge in [-0.1, -0.05) is 0 Å². The number of aryl methyl sites for hydroxylation is 1. The number of amides is 2. The highest BCUT2D eigenvalue weighted by Crippen LogP contribution is 2.22. The van der Waals surface area contributed by atoms with Crippen LogP contribution in [0, 0.1) is 13.8 Å². The van der Waals surface area contributed by atoms with E-state index < -0.39 is 16.1 Å². The predicted molar refractivity (Wildman–Crippen MR) is 74.3 cm³/mol. The van der Waals surface area contributed by atoms with Crippen molar-refractivity contribution < 1.29 is 13.2 Å². The molecule has 7 heteroatoms. The first-order valence-corrected chi connectivity index (χ1v) is 7.32. The smallest absolute Gasteiger partial charge is 0.328 e. The van der Waals surface area contributed by atoms with Gasteiger partial charge in [-0.2, -0.15) is 0 Å². The maximum atomic E-state index is 12.1. The van der Waals surface area contributed by atoms with E-state index in [0.29, 0.717) is 16.8 Å². The number of carbonyl (C=O) groups is 1. The first-order chi connectivity index (χ1) is 8.63. The number of hydrogen-bond acceptors (Lipinski definition) is 4. The molecule has 0 saturated carbocycles. The van der Waals surface area contributed by atoms with Crippen molar-refractivity contribution in [2.24, 2.45) is 0 Å². The Balaban J connectivity index is 3.11. The van der Waals surface area contributed by atoms with Gasteiger partial charge in [-0.05, 0) is 51.0 Å². The van der Waals surface area contributed by atoms with Crippen LogP contribution in [0.5, 0.6) is 0 Å². The Kier molecular flexibility index (Phi) is 4.41. The quantitative estimate of drug-likeness (QED) is 0.728. The van der Waals surface area contributed by atoms with Gasteiger partial charge < -0.3 is 11.1 Å². The average Bonchev–Trinajstić information content (AvgIpc) is 2.20. The zero-order valence-electron chi connectivity index (χ0n) is 11.4. The molecule has 0 aromatic heterocycles. The fourth-order valence-electron chi connectivity index (χ4n) is 1.60. The predicted octanol–water partition coefficient (Wildman–Crippen LogP) is 1.28. The van der Waals surface area contributed by atoms with Gasteiger partial charge in [0.1, 0.15) is 0 Å². The number of nitrogen functional groups attached to an aromatic ring is 1.